The van der Waals surface area contributed by atoms with Crippen LogP contribution < -0.4 is 10.6 Å². The molecule has 0 unspecified atom stereocenters. The van der Waals surface area contributed by atoms with E-state index in [9.17, 15) is 9.59 Å². The number of carbonyl (C=O) groups excluding carboxylic acids is 2. The highest BCUT2D eigenvalue weighted by Gasteiger charge is 2.15. The summed E-state index contributed by atoms with van der Waals surface area (Å²) in [5, 5.41) is 8.25. The van der Waals surface area contributed by atoms with Gasteiger partial charge in [-0.1, -0.05) is 42.3 Å². The zero-order chi connectivity index (χ0) is 18.2. The van der Waals surface area contributed by atoms with E-state index in [1.807, 2.05) is 24.4 Å². The monoisotopic (exact) mass is 399 g/mol. The first kappa shape index (κ1) is 19.7. The summed E-state index contributed by atoms with van der Waals surface area (Å²) < 4.78 is 0. The Morgan fingerprint density at radius 1 is 1.08 bits per heavy atom. The van der Waals surface area contributed by atoms with E-state index in [1.165, 1.54) is 0 Å². The van der Waals surface area contributed by atoms with Crippen molar-refractivity contribution in [2.24, 2.45) is 0 Å². The molecule has 0 bridgehead atoms. The quantitative estimate of drug-likeness (QED) is 0.712. The Hall–Kier alpha value is -1.60. The third-order valence-electron chi connectivity index (χ3n) is 3.45. The van der Waals surface area contributed by atoms with Crippen LogP contribution in [0.1, 0.15) is 11.8 Å². The number of halogens is 2. The normalized spacial score (nSPS) is 10.7. The Morgan fingerprint density at radius 2 is 1.76 bits per heavy atom. The highest BCUT2D eigenvalue weighted by atomic mass is 35.5. The van der Waals surface area contributed by atoms with Crippen LogP contribution in [0.5, 0.6) is 0 Å². The Bertz CT molecular complexity index is 702. The molecule has 2 amide bonds. The molecule has 1 aromatic heterocycles. The predicted octanol–water partition coefficient (Wildman–Crippen LogP) is 3.63. The van der Waals surface area contributed by atoms with Crippen molar-refractivity contribution in [3.63, 3.8) is 0 Å². The minimum atomic E-state index is -0.275. The molecule has 0 radical (unpaired) electrons. The van der Waals surface area contributed by atoms with Gasteiger partial charge < -0.3 is 10.6 Å². The van der Waals surface area contributed by atoms with Crippen LogP contribution in [0.25, 0.3) is 0 Å². The summed E-state index contributed by atoms with van der Waals surface area (Å²) in [5.41, 5.74) is 0.383. The molecule has 0 fully saturated rings. The summed E-state index contributed by atoms with van der Waals surface area (Å²) in [7, 11) is 0. The summed E-state index contributed by atoms with van der Waals surface area (Å²) in [5.74, 6) is -0.401. The second-order valence-corrected chi connectivity index (χ2v) is 7.15. The second-order valence-electron chi connectivity index (χ2n) is 5.30. The maximum atomic E-state index is 12.2. The number of hydrogen-bond donors (Lipinski definition) is 2. The molecule has 0 aliphatic heterocycles. The van der Waals surface area contributed by atoms with E-state index < -0.39 is 0 Å². The summed E-state index contributed by atoms with van der Waals surface area (Å²) in [4.78, 5) is 27.1. The maximum absolute atomic E-state index is 12.2. The lowest BCUT2D eigenvalue weighted by Gasteiger charge is -2.19. The number of para-hydroxylation sites is 1. The van der Waals surface area contributed by atoms with Gasteiger partial charge in [0.05, 0.1) is 35.4 Å². The van der Waals surface area contributed by atoms with E-state index in [1.54, 1.807) is 34.4 Å². The molecule has 2 aromatic rings. The van der Waals surface area contributed by atoms with Gasteiger partial charge in [-0.15, -0.1) is 11.3 Å². The van der Waals surface area contributed by atoms with Gasteiger partial charge in [0.1, 0.15) is 0 Å². The lowest BCUT2D eigenvalue weighted by molar-refractivity contribution is -0.123. The smallest absolute Gasteiger partial charge is 0.238 e. The Kier molecular flexibility index (Phi) is 7.71. The van der Waals surface area contributed by atoms with Gasteiger partial charge in [0, 0.05) is 4.88 Å². The second kappa shape index (κ2) is 9.77. The lowest BCUT2D eigenvalue weighted by Crippen LogP contribution is -2.40. The minimum Gasteiger partial charge on any atom is -0.350 e. The van der Waals surface area contributed by atoms with Crippen molar-refractivity contribution in [3.05, 3.63) is 50.6 Å². The Balaban J connectivity index is 1.83. The molecule has 2 rings (SSSR count). The summed E-state index contributed by atoms with van der Waals surface area (Å²) in [6.07, 6.45) is 0. The number of carbonyl (C=O) groups is 2. The van der Waals surface area contributed by atoms with Gasteiger partial charge in [0.15, 0.2) is 0 Å². The number of rotatable bonds is 8. The van der Waals surface area contributed by atoms with E-state index in [0.29, 0.717) is 28.8 Å². The molecular weight excluding hydrogens is 381 g/mol. The number of benzene rings is 1. The van der Waals surface area contributed by atoms with Gasteiger partial charge in [-0.2, -0.15) is 0 Å². The molecule has 1 heterocycles. The Morgan fingerprint density at radius 3 is 2.36 bits per heavy atom. The number of amides is 2. The zero-order valence-electron chi connectivity index (χ0n) is 13.7. The fraction of sp³-hybridized carbons (Fsp3) is 0.294. The molecule has 1 aromatic carbocycles. The molecule has 0 aliphatic carbocycles. The predicted molar refractivity (Wildman–Crippen MR) is 103 cm³/mol. The first-order chi connectivity index (χ1) is 12.0. The number of thiophene rings is 1. The van der Waals surface area contributed by atoms with Crippen molar-refractivity contribution in [2.45, 2.75) is 13.5 Å². The fourth-order valence-corrected chi connectivity index (χ4v) is 3.27. The molecule has 0 saturated heterocycles. The molecule has 0 atom stereocenters. The van der Waals surface area contributed by atoms with Crippen molar-refractivity contribution < 1.29 is 9.59 Å². The molecule has 0 spiro atoms. The highest BCUT2D eigenvalue weighted by Crippen LogP contribution is 2.29. The van der Waals surface area contributed by atoms with E-state index in [4.69, 9.17) is 23.2 Å². The van der Waals surface area contributed by atoms with E-state index in [2.05, 4.69) is 10.6 Å². The molecular formula is C17H19Cl2N3O2S. The largest absolute Gasteiger partial charge is 0.350 e. The molecule has 0 aliphatic rings. The molecule has 5 nitrogen and oxygen atoms in total. The Labute approximate surface area is 160 Å². The van der Waals surface area contributed by atoms with Crippen LogP contribution in [0.15, 0.2) is 35.7 Å². The van der Waals surface area contributed by atoms with Crippen LogP contribution in [-0.4, -0.2) is 36.3 Å². The zero-order valence-corrected chi connectivity index (χ0v) is 16.0. The number of likely N-dealkylation sites (N-methyl/N-ethyl adjacent to an activating group) is 1. The standard InChI is InChI=1S/C17H19Cl2N3O2S/c1-2-22(10-15(23)20-9-12-5-4-8-25-12)11-16(24)21-17-13(18)6-3-7-14(17)19/h3-8H,2,9-11H2,1H3,(H,20,23)(H,21,24). The lowest BCUT2D eigenvalue weighted by atomic mass is 10.3. The summed E-state index contributed by atoms with van der Waals surface area (Å²) in [6.45, 7) is 3.17. The van der Waals surface area contributed by atoms with Crippen LogP contribution in [0.3, 0.4) is 0 Å². The molecule has 134 valence electrons. The van der Waals surface area contributed by atoms with Crippen LogP contribution >= 0.6 is 34.5 Å². The summed E-state index contributed by atoms with van der Waals surface area (Å²) >= 11 is 13.7. The SMILES string of the molecule is CCN(CC(=O)NCc1cccs1)CC(=O)Nc1c(Cl)cccc1Cl. The number of nitrogens with zero attached hydrogens (tertiary/aromatic N) is 1. The van der Waals surface area contributed by atoms with Crippen LogP contribution in [0.4, 0.5) is 5.69 Å². The van der Waals surface area contributed by atoms with Crippen molar-refractivity contribution in [1.29, 1.82) is 0 Å². The van der Waals surface area contributed by atoms with Crippen molar-refractivity contribution >= 4 is 52.0 Å². The van der Waals surface area contributed by atoms with Gasteiger partial charge in [0.25, 0.3) is 0 Å². The van der Waals surface area contributed by atoms with Gasteiger partial charge >= 0.3 is 0 Å². The molecule has 25 heavy (non-hydrogen) atoms. The van der Waals surface area contributed by atoms with Gasteiger partial charge in [0.2, 0.25) is 11.8 Å². The topological polar surface area (TPSA) is 61.4 Å². The van der Waals surface area contributed by atoms with Crippen molar-refractivity contribution in [2.75, 3.05) is 25.0 Å². The van der Waals surface area contributed by atoms with Gasteiger partial charge in [-0.05, 0) is 30.1 Å². The van der Waals surface area contributed by atoms with E-state index in [0.717, 1.165) is 4.88 Å². The highest BCUT2D eigenvalue weighted by molar-refractivity contribution is 7.09. The molecule has 0 saturated carbocycles. The third-order valence-corrected chi connectivity index (χ3v) is 4.96. The number of anilines is 1. The first-order valence-electron chi connectivity index (χ1n) is 7.75. The molecule has 8 heteroatoms. The maximum Gasteiger partial charge on any atom is 0.238 e. The fourth-order valence-electron chi connectivity index (χ4n) is 2.14. The van der Waals surface area contributed by atoms with Crippen molar-refractivity contribution in [1.82, 2.24) is 10.2 Å². The third kappa shape index (κ3) is 6.32. The average Bonchev–Trinajstić information content (AvgIpc) is 3.09. The number of nitrogens with one attached hydrogen (secondary N) is 2. The first-order valence-corrected chi connectivity index (χ1v) is 9.38. The van der Waals surface area contributed by atoms with E-state index >= 15 is 0 Å². The van der Waals surface area contributed by atoms with Crippen LogP contribution in [0, 0.1) is 0 Å². The average molecular weight is 400 g/mol. The minimum absolute atomic E-state index is 0.0739. The van der Waals surface area contributed by atoms with Crippen LogP contribution in [0.2, 0.25) is 10.0 Å². The van der Waals surface area contributed by atoms with Gasteiger partial charge in [-0.3, -0.25) is 14.5 Å². The number of hydrogen-bond acceptors (Lipinski definition) is 4. The van der Waals surface area contributed by atoms with Gasteiger partial charge in [-0.25, -0.2) is 0 Å². The molecule has 2 N–H and O–H groups in total. The van der Waals surface area contributed by atoms with E-state index in [-0.39, 0.29) is 24.9 Å². The summed E-state index contributed by atoms with van der Waals surface area (Å²) in [6, 6.07) is 8.91. The van der Waals surface area contributed by atoms with Crippen molar-refractivity contribution in [3.8, 4) is 0 Å². The van der Waals surface area contributed by atoms with Crippen LogP contribution in [-0.2, 0) is 16.1 Å².